The SMILES string of the molecule is CCCCCCCCC=CCCCCCCCC(=O)N1CCCC1COC(=O)CCNC(=O)C1OC(C)(C)OCC1(C)C. The molecule has 0 aliphatic carbocycles. The number of rotatable bonds is 21. The smallest absolute Gasteiger partial charge is 0.307 e. The lowest BCUT2D eigenvalue weighted by atomic mass is 9.85. The van der Waals surface area contributed by atoms with E-state index in [1.165, 1.54) is 64.2 Å². The first kappa shape index (κ1) is 37.3. The van der Waals surface area contributed by atoms with Gasteiger partial charge in [0.25, 0.3) is 0 Å². The number of ether oxygens (including phenoxy) is 3. The molecule has 0 aromatic heterocycles. The van der Waals surface area contributed by atoms with E-state index in [1.54, 1.807) is 13.8 Å². The predicted molar refractivity (Wildman–Crippen MR) is 171 cm³/mol. The summed E-state index contributed by atoms with van der Waals surface area (Å²) in [6.07, 6.45) is 22.6. The Morgan fingerprint density at radius 3 is 2.19 bits per heavy atom. The maximum Gasteiger partial charge on any atom is 0.307 e. The van der Waals surface area contributed by atoms with Gasteiger partial charge in [0.1, 0.15) is 12.7 Å². The Morgan fingerprint density at radius 2 is 1.51 bits per heavy atom. The Balaban J connectivity index is 1.51. The molecule has 2 aliphatic heterocycles. The minimum Gasteiger partial charge on any atom is -0.463 e. The van der Waals surface area contributed by atoms with E-state index in [1.807, 2.05) is 18.7 Å². The summed E-state index contributed by atoms with van der Waals surface area (Å²) in [5.41, 5.74) is -0.470. The summed E-state index contributed by atoms with van der Waals surface area (Å²) < 4.78 is 17.0. The molecule has 1 N–H and O–H groups in total. The Bertz CT molecular complexity index is 855. The third-order valence-electron chi connectivity index (χ3n) is 8.56. The summed E-state index contributed by atoms with van der Waals surface area (Å²) in [5.74, 6) is -1.28. The summed E-state index contributed by atoms with van der Waals surface area (Å²) in [7, 11) is 0. The van der Waals surface area contributed by atoms with Crippen LogP contribution in [0.2, 0.25) is 0 Å². The molecule has 8 heteroatoms. The van der Waals surface area contributed by atoms with Gasteiger partial charge < -0.3 is 24.4 Å². The Labute approximate surface area is 262 Å². The van der Waals surface area contributed by atoms with Crippen LogP contribution in [-0.4, -0.2) is 66.9 Å². The van der Waals surface area contributed by atoms with E-state index in [0.717, 1.165) is 38.6 Å². The van der Waals surface area contributed by atoms with Gasteiger partial charge in [0, 0.05) is 24.9 Å². The monoisotopic (exact) mass is 606 g/mol. The molecule has 0 spiro atoms. The molecule has 0 aromatic carbocycles. The highest BCUT2D eigenvalue weighted by atomic mass is 16.7. The van der Waals surface area contributed by atoms with Gasteiger partial charge >= 0.3 is 5.97 Å². The van der Waals surface area contributed by atoms with E-state index in [2.05, 4.69) is 24.4 Å². The number of likely N-dealkylation sites (tertiary alicyclic amines) is 1. The first-order valence-corrected chi connectivity index (χ1v) is 17.3. The molecule has 2 saturated heterocycles. The van der Waals surface area contributed by atoms with Crippen molar-refractivity contribution in [2.24, 2.45) is 5.41 Å². The zero-order valence-corrected chi connectivity index (χ0v) is 28.1. The summed E-state index contributed by atoms with van der Waals surface area (Å²) in [6, 6.07) is -0.0483. The van der Waals surface area contributed by atoms with Crippen molar-refractivity contribution < 1.29 is 28.6 Å². The molecule has 2 rings (SSSR count). The van der Waals surface area contributed by atoms with E-state index in [0.29, 0.717) is 13.0 Å². The first-order chi connectivity index (χ1) is 20.6. The predicted octanol–water partition coefficient (Wildman–Crippen LogP) is 7.24. The fourth-order valence-electron chi connectivity index (χ4n) is 5.79. The Morgan fingerprint density at radius 1 is 0.884 bits per heavy atom. The number of esters is 1. The van der Waals surface area contributed by atoms with E-state index in [9.17, 15) is 14.4 Å². The second-order valence-electron chi connectivity index (χ2n) is 13.6. The third kappa shape index (κ3) is 15.1. The van der Waals surface area contributed by atoms with Crippen LogP contribution in [-0.2, 0) is 28.6 Å². The van der Waals surface area contributed by atoms with Crippen LogP contribution in [0.1, 0.15) is 144 Å². The summed E-state index contributed by atoms with van der Waals surface area (Å²) >= 11 is 0. The maximum atomic E-state index is 12.8. The molecule has 0 saturated carbocycles. The van der Waals surface area contributed by atoms with Crippen molar-refractivity contribution >= 4 is 17.8 Å². The second kappa shape index (κ2) is 20.2. The molecule has 0 radical (unpaired) electrons. The van der Waals surface area contributed by atoms with E-state index < -0.39 is 17.3 Å². The number of carbonyl (C=O) groups excluding carboxylic acids is 3. The quantitative estimate of drug-likeness (QED) is 0.0841. The number of hydrogen-bond acceptors (Lipinski definition) is 6. The number of carbonyl (C=O) groups is 3. The van der Waals surface area contributed by atoms with Gasteiger partial charge in [-0.15, -0.1) is 0 Å². The van der Waals surface area contributed by atoms with Crippen molar-refractivity contribution in [2.45, 2.75) is 162 Å². The molecule has 248 valence electrons. The number of allylic oxidation sites excluding steroid dienone is 2. The van der Waals surface area contributed by atoms with Gasteiger partial charge in [-0.3, -0.25) is 14.4 Å². The average molecular weight is 607 g/mol. The standard InChI is InChI=1S/C35H62N2O6/c1-6-7-8-9-10-11-12-13-14-15-16-17-18-19-20-23-30(38)37-26-21-22-29(37)27-41-31(39)24-25-36-33(40)32-34(2,3)28-42-35(4,5)43-32/h13-14,29,32H,6-12,15-28H2,1-5H3,(H,36,40). The Hall–Kier alpha value is -1.93. The van der Waals surface area contributed by atoms with Crippen molar-refractivity contribution in [1.29, 1.82) is 0 Å². The highest BCUT2D eigenvalue weighted by Gasteiger charge is 2.45. The summed E-state index contributed by atoms with van der Waals surface area (Å²) in [5, 5.41) is 2.81. The normalized spacial score (nSPS) is 21.3. The second-order valence-corrected chi connectivity index (χ2v) is 13.6. The molecule has 2 aliphatic rings. The molecule has 0 bridgehead atoms. The van der Waals surface area contributed by atoms with Gasteiger partial charge in [-0.1, -0.05) is 84.3 Å². The lowest BCUT2D eigenvalue weighted by molar-refractivity contribution is -0.304. The molecule has 0 aromatic rings. The zero-order valence-electron chi connectivity index (χ0n) is 28.1. The number of amides is 2. The molecule has 2 heterocycles. The van der Waals surface area contributed by atoms with E-state index >= 15 is 0 Å². The molecule has 2 atom stereocenters. The van der Waals surface area contributed by atoms with Crippen molar-refractivity contribution in [3.8, 4) is 0 Å². The van der Waals surface area contributed by atoms with Gasteiger partial charge in [-0.05, 0) is 58.8 Å². The van der Waals surface area contributed by atoms with Crippen LogP contribution in [0.25, 0.3) is 0 Å². The van der Waals surface area contributed by atoms with Crippen molar-refractivity contribution in [3.05, 3.63) is 12.2 Å². The summed E-state index contributed by atoms with van der Waals surface area (Å²) in [4.78, 5) is 39.8. The van der Waals surface area contributed by atoms with Crippen molar-refractivity contribution in [1.82, 2.24) is 10.2 Å². The molecular weight excluding hydrogens is 544 g/mol. The molecular formula is C35H62N2O6. The molecule has 43 heavy (non-hydrogen) atoms. The van der Waals surface area contributed by atoms with Gasteiger partial charge in [0.05, 0.1) is 19.1 Å². The minimum absolute atomic E-state index is 0.0483. The van der Waals surface area contributed by atoms with Gasteiger partial charge in [0.15, 0.2) is 5.79 Å². The topological polar surface area (TPSA) is 94.2 Å². The van der Waals surface area contributed by atoms with Gasteiger partial charge in [-0.2, -0.15) is 0 Å². The van der Waals surface area contributed by atoms with E-state index in [-0.39, 0.29) is 43.4 Å². The molecule has 2 unspecified atom stereocenters. The zero-order chi connectivity index (χ0) is 31.6. The minimum atomic E-state index is -0.828. The number of nitrogens with zero attached hydrogens (tertiary/aromatic N) is 1. The number of unbranched alkanes of at least 4 members (excludes halogenated alkanes) is 11. The Kier molecular flexibility index (Phi) is 17.5. The molecule has 2 amide bonds. The lowest BCUT2D eigenvalue weighted by Crippen LogP contribution is -2.56. The fourth-order valence-corrected chi connectivity index (χ4v) is 5.79. The van der Waals surface area contributed by atoms with Crippen molar-refractivity contribution in [2.75, 3.05) is 26.3 Å². The highest BCUT2D eigenvalue weighted by molar-refractivity contribution is 5.82. The average Bonchev–Trinajstić information content (AvgIpc) is 3.44. The van der Waals surface area contributed by atoms with Crippen LogP contribution in [0, 0.1) is 5.41 Å². The van der Waals surface area contributed by atoms with Crippen LogP contribution in [0.3, 0.4) is 0 Å². The third-order valence-corrected chi connectivity index (χ3v) is 8.56. The van der Waals surface area contributed by atoms with Crippen LogP contribution in [0.15, 0.2) is 12.2 Å². The highest BCUT2D eigenvalue weighted by Crippen LogP contribution is 2.34. The van der Waals surface area contributed by atoms with Crippen LogP contribution >= 0.6 is 0 Å². The lowest BCUT2D eigenvalue weighted by Gasteiger charge is -2.44. The van der Waals surface area contributed by atoms with Crippen LogP contribution in [0.4, 0.5) is 0 Å². The number of hydrogen-bond donors (Lipinski definition) is 1. The molecule has 2 fully saturated rings. The molecule has 8 nitrogen and oxygen atoms in total. The van der Waals surface area contributed by atoms with E-state index in [4.69, 9.17) is 14.2 Å². The first-order valence-electron chi connectivity index (χ1n) is 17.3. The van der Waals surface area contributed by atoms with Crippen molar-refractivity contribution in [3.63, 3.8) is 0 Å². The summed E-state index contributed by atoms with van der Waals surface area (Å²) in [6.45, 7) is 11.2. The van der Waals surface area contributed by atoms with Gasteiger partial charge in [-0.25, -0.2) is 0 Å². The maximum absolute atomic E-state index is 12.8. The fraction of sp³-hybridized carbons (Fsp3) is 0.857. The van der Waals surface area contributed by atoms with Gasteiger partial charge in [0.2, 0.25) is 11.8 Å². The van der Waals surface area contributed by atoms with Crippen LogP contribution in [0.5, 0.6) is 0 Å². The van der Waals surface area contributed by atoms with Crippen LogP contribution < -0.4 is 5.32 Å². The largest absolute Gasteiger partial charge is 0.463 e. The number of nitrogens with one attached hydrogen (secondary N) is 1.